The largest absolute Gasteiger partial charge is 0.382 e. The second-order valence-electron chi connectivity index (χ2n) is 3.72. The van der Waals surface area contributed by atoms with E-state index in [1.165, 1.54) is 4.90 Å². The number of aliphatic hydroxyl groups excluding tert-OH is 1. The number of quaternary nitrogens is 1. The Morgan fingerprint density at radius 3 is 2.15 bits per heavy atom. The Hall–Kier alpha value is -0.860. The molecule has 2 heteroatoms. The van der Waals surface area contributed by atoms with E-state index in [1.807, 2.05) is 37.3 Å². The Morgan fingerprint density at radius 2 is 1.69 bits per heavy atom. The van der Waals surface area contributed by atoms with Gasteiger partial charge in [0.25, 0.3) is 0 Å². The van der Waals surface area contributed by atoms with E-state index in [0.717, 1.165) is 5.56 Å². The summed E-state index contributed by atoms with van der Waals surface area (Å²) in [6.45, 7) is 2.05. The van der Waals surface area contributed by atoms with Crippen molar-refractivity contribution in [1.82, 2.24) is 0 Å². The third-order valence-electron chi connectivity index (χ3n) is 2.53. The molecule has 72 valence electrons. The number of benzene rings is 1. The van der Waals surface area contributed by atoms with E-state index in [0.29, 0.717) is 0 Å². The van der Waals surface area contributed by atoms with Gasteiger partial charge in [0.1, 0.15) is 12.1 Å². The lowest BCUT2D eigenvalue weighted by Crippen LogP contribution is -3.10. The third-order valence-corrected chi connectivity index (χ3v) is 2.53. The SMILES string of the molecule is C[C@H]([C@@H](O)c1ccccc1)[NH+](C)C. The van der Waals surface area contributed by atoms with E-state index in [2.05, 4.69) is 14.1 Å². The van der Waals surface area contributed by atoms with Gasteiger partial charge < -0.3 is 10.0 Å². The van der Waals surface area contributed by atoms with Crippen LogP contribution in [0.1, 0.15) is 18.6 Å². The summed E-state index contributed by atoms with van der Waals surface area (Å²) >= 11 is 0. The first-order valence-corrected chi connectivity index (χ1v) is 4.66. The van der Waals surface area contributed by atoms with Gasteiger partial charge in [-0.3, -0.25) is 0 Å². The molecule has 2 nitrogen and oxygen atoms in total. The van der Waals surface area contributed by atoms with Crippen molar-refractivity contribution < 1.29 is 10.0 Å². The molecule has 1 aromatic carbocycles. The Morgan fingerprint density at radius 1 is 1.15 bits per heavy atom. The molecule has 2 atom stereocenters. The highest BCUT2D eigenvalue weighted by atomic mass is 16.3. The summed E-state index contributed by atoms with van der Waals surface area (Å²) in [5.41, 5.74) is 0.996. The van der Waals surface area contributed by atoms with Gasteiger partial charge in [0.2, 0.25) is 0 Å². The van der Waals surface area contributed by atoms with Crippen molar-refractivity contribution in [2.24, 2.45) is 0 Å². The summed E-state index contributed by atoms with van der Waals surface area (Å²) in [6.07, 6.45) is -0.369. The zero-order valence-corrected chi connectivity index (χ0v) is 8.49. The van der Waals surface area contributed by atoms with Crippen molar-refractivity contribution in [2.45, 2.75) is 19.1 Å². The fourth-order valence-corrected chi connectivity index (χ4v) is 1.25. The molecule has 0 saturated heterocycles. The van der Waals surface area contributed by atoms with Crippen molar-refractivity contribution in [3.8, 4) is 0 Å². The molecule has 0 radical (unpaired) electrons. The molecule has 0 aliphatic heterocycles. The first-order chi connectivity index (χ1) is 6.13. The van der Waals surface area contributed by atoms with E-state index in [4.69, 9.17) is 0 Å². The van der Waals surface area contributed by atoms with Crippen LogP contribution in [0.4, 0.5) is 0 Å². The minimum Gasteiger partial charge on any atom is -0.382 e. The molecule has 0 aromatic heterocycles. The van der Waals surface area contributed by atoms with Gasteiger partial charge in [-0.15, -0.1) is 0 Å². The maximum atomic E-state index is 9.94. The summed E-state index contributed by atoms with van der Waals surface area (Å²) in [4.78, 5) is 1.26. The van der Waals surface area contributed by atoms with E-state index in [1.54, 1.807) is 0 Å². The topological polar surface area (TPSA) is 24.7 Å². The van der Waals surface area contributed by atoms with Gasteiger partial charge in [-0.25, -0.2) is 0 Å². The van der Waals surface area contributed by atoms with Crippen LogP contribution >= 0.6 is 0 Å². The van der Waals surface area contributed by atoms with Gasteiger partial charge in [-0.2, -0.15) is 0 Å². The molecule has 0 unspecified atom stereocenters. The van der Waals surface area contributed by atoms with Crippen molar-refractivity contribution in [1.29, 1.82) is 0 Å². The molecule has 0 saturated carbocycles. The molecule has 0 amide bonds. The van der Waals surface area contributed by atoms with E-state index in [-0.39, 0.29) is 12.1 Å². The zero-order valence-electron chi connectivity index (χ0n) is 8.49. The van der Waals surface area contributed by atoms with Crippen LogP contribution in [0.25, 0.3) is 0 Å². The van der Waals surface area contributed by atoms with Gasteiger partial charge in [-0.1, -0.05) is 30.3 Å². The summed E-state index contributed by atoms with van der Waals surface area (Å²) in [5, 5.41) is 9.94. The first-order valence-electron chi connectivity index (χ1n) is 4.66. The van der Waals surface area contributed by atoms with Crippen LogP contribution in [0.2, 0.25) is 0 Å². The van der Waals surface area contributed by atoms with Crippen LogP contribution in [0.3, 0.4) is 0 Å². The zero-order chi connectivity index (χ0) is 9.84. The number of aliphatic hydroxyl groups is 1. The smallest absolute Gasteiger partial charge is 0.130 e. The fraction of sp³-hybridized carbons (Fsp3) is 0.455. The molecule has 1 rings (SSSR count). The average Bonchev–Trinajstić information content (AvgIpc) is 2.17. The van der Waals surface area contributed by atoms with Crippen LogP contribution in [0.5, 0.6) is 0 Å². The van der Waals surface area contributed by atoms with Crippen LogP contribution < -0.4 is 4.90 Å². The Balaban J connectivity index is 2.73. The number of rotatable bonds is 3. The van der Waals surface area contributed by atoms with E-state index < -0.39 is 0 Å². The van der Waals surface area contributed by atoms with Gasteiger partial charge in [-0.05, 0) is 12.5 Å². The second-order valence-corrected chi connectivity index (χ2v) is 3.72. The average molecular weight is 180 g/mol. The Labute approximate surface area is 79.8 Å². The quantitative estimate of drug-likeness (QED) is 0.685. The number of likely N-dealkylation sites (N-methyl/N-ethyl adjacent to an activating group) is 1. The van der Waals surface area contributed by atoms with E-state index >= 15 is 0 Å². The van der Waals surface area contributed by atoms with Gasteiger partial charge in [0, 0.05) is 0 Å². The van der Waals surface area contributed by atoms with Crippen molar-refractivity contribution in [3.05, 3.63) is 35.9 Å². The molecular weight excluding hydrogens is 162 g/mol. The Bertz CT molecular complexity index is 246. The summed E-state index contributed by atoms with van der Waals surface area (Å²) < 4.78 is 0. The molecule has 0 aliphatic rings. The van der Waals surface area contributed by atoms with Crippen molar-refractivity contribution in [3.63, 3.8) is 0 Å². The molecule has 1 aromatic rings. The molecule has 0 heterocycles. The molecule has 0 aliphatic carbocycles. The van der Waals surface area contributed by atoms with Gasteiger partial charge in [0.15, 0.2) is 0 Å². The minimum atomic E-state index is -0.369. The number of nitrogens with one attached hydrogen (secondary N) is 1. The lowest BCUT2D eigenvalue weighted by atomic mass is 10.0. The third kappa shape index (κ3) is 2.54. The fourth-order valence-electron chi connectivity index (χ4n) is 1.25. The van der Waals surface area contributed by atoms with Crippen LogP contribution in [0, 0.1) is 0 Å². The maximum Gasteiger partial charge on any atom is 0.130 e. The highest BCUT2D eigenvalue weighted by Gasteiger charge is 2.20. The minimum absolute atomic E-state index is 0.224. The monoisotopic (exact) mass is 180 g/mol. The predicted octanol–water partition coefficient (Wildman–Crippen LogP) is 0.253. The molecular formula is C11H18NO+. The molecule has 0 bridgehead atoms. The highest BCUT2D eigenvalue weighted by molar-refractivity contribution is 5.17. The van der Waals surface area contributed by atoms with Gasteiger partial charge in [0.05, 0.1) is 14.1 Å². The van der Waals surface area contributed by atoms with Gasteiger partial charge >= 0.3 is 0 Å². The summed E-state index contributed by atoms with van der Waals surface area (Å²) in [5.74, 6) is 0. The van der Waals surface area contributed by atoms with Crippen LogP contribution in [0.15, 0.2) is 30.3 Å². The summed E-state index contributed by atoms with van der Waals surface area (Å²) in [7, 11) is 4.10. The normalized spacial score (nSPS) is 15.8. The number of hydrogen-bond donors (Lipinski definition) is 2. The van der Waals surface area contributed by atoms with Crippen molar-refractivity contribution >= 4 is 0 Å². The lowest BCUT2D eigenvalue weighted by Gasteiger charge is -2.22. The van der Waals surface area contributed by atoms with Crippen molar-refractivity contribution in [2.75, 3.05) is 14.1 Å². The maximum absolute atomic E-state index is 9.94. The lowest BCUT2D eigenvalue weighted by molar-refractivity contribution is -0.888. The van der Waals surface area contributed by atoms with Crippen LogP contribution in [-0.2, 0) is 0 Å². The molecule has 2 N–H and O–H groups in total. The number of hydrogen-bond acceptors (Lipinski definition) is 1. The predicted molar refractivity (Wildman–Crippen MR) is 53.7 cm³/mol. The highest BCUT2D eigenvalue weighted by Crippen LogP contribution is 2.13. The molecule has 0 spiro atoms. The second kappa shape index (κ2) is 4.40. The van der Waals surface area contributed by atoms with Crippen LogP contribution in [-0.4, -0.2) is 25.2 Å². The van der Waals surface area contributed by atoms with E-state index in [9.17, 15) is 5.11 Å². The molecule has 0 fully saturated rings. The molecule has 13 heavy (non-hydrogen) atoms. The Kier molecular flexibility index (Phi) is 3.46. The standard InChI is InChI=1S/C11H17NO/c1-9(12(2)3)11(13)10-7-5-4-6-8-10/h4-9,11,13H,1-3H3/p+1/t9-,11-/m1/s1. The first kappa shape index (κ1) is 10.2. The summed E-state index contributed by atoms with van der Waals surface area (Å²) in [6, 6.07) is 10.0.